The molecule has 2 N–H and O–H groups in total. The number of nitrogens with two attached hydrogens (primary N) is 1. The molecule has 1 aromatic carbocycles. The van der Waals surface area contributed by atoms with Crippen LogP contribution >= 0.6 is 23.4 Å². The number of aromatic nitrogens is 1. The van der Waals surface area contributed by atoms with Crippen LogP contribution in [0.5, 0.6) is 0 Å². The van der Waals surface area contributed by atoms with Gasteiger partial charge in [-0.1, -0.05) is 23.4 Å². The smallest absolute Gasteiger partial charge is 0.339 e. The highest BCUT2D eigenvalue weighted by molar-refractivity contribution is 7.99. The van der Waals surface area contributed by atoms with Crippen molar-refractivity contribution in [1.29, 1.82) is 0 Å². The predicted molar refractivity (Wildman–Crippen MR) is 75.6 cm³/mol. The van der Waals surface area contributed by atoms with Gasteiger partial charge in [-0.25, -0.2) is 9.78 Å². The van der Waals surface area contributed by atoms with Gasteiger partial charge in [0.25, 0.3) is 0 Å². The minimum absolute atomic E-state index is 0.349. The van der Waals surface area contributed by atoms with Crippen LogP contribution < -0.4 is 5.73 Å². The number of halogens is 1. The van der Waals surface area contributed by atoms with Gasteiger partial charge in [-0.15, -0.1) is 0 Å². The van der Waals surface area contributed by atoms with Crippen molar-refractivity contribution in [3.63, 3.8) is 0 Å². The zero-order chi connectivity index (χ0) is 13.8. The molecule has 4 nitrogen and oxygen atoms in total. The number of anilines is 1. The third-order valence-corrected chi connectivity index (χ3v) is 3.52. The molecule has 0 radical (unpaired) electrons. The van der Waals surface area contributed by atoms with E-state index in [1.165, 1.54) is 18.9 Å². The second-order valence-corrected chi connectivity index (χ2v) is 5.19. The molecule has 0 saturated carbocycles. The number of ether oxygens (including phenoxy) is 1. The molecule has 0 bridgehead atoms. The monoisotopic (exact) mass is 294 g/mol. The average molecular weight is 295 g/mol. The Morgan fingerprint density at radius 3 is 2.79 bits per heavy atom. The Bertz CT molecular complexity index is 602. The highest BCUT2D eigenvalue weighted by Crippen LogP contribution is 2.29. The quantitative estimate of drug-likeness (QED) is 0.695. The molecule has 0 atom stereocenters. The lowest BCUT2D eigenvalue weighted by Gasteiger charge is -2.06. The topological polar surface area (TPSA) is 65.2 Å². The lowest BCUT2D eigenvalue weighted by Crippen LogP contribution is -2.05. The number of carbonyl (C=O) groups is 1. The lowest BCUT2D eigenvalue weighted by molar-refractivity contribution is 0.0601. The number of hydrogen-bond donors (Lipinski definition) is 1. The van der Waals surface area contributed by atoms with Gasteiger partial charge in [0.1, 0.15) is 5.03 Å². The van der Waals surface area contributed by atoms with Crippen LogP contribution in [0.25, 0.3) is 0 Å². The van der Waals surface area contributed by atoms with E-state index < -0.39 is 5.97 Å². The third kappa shape index (κ3) is 3.39. The van der Waals surface area contributed by atoms with E-state index in [-0.39, 0.29) is 0 Å². The number of esters is 1. The van der Waals surface area contributed by atoms with Gasteiger partial charge in [-0.2, -0.15) is 0 Å². The van der Waals surface area contributed by atoms with Gasteiger partial charge in [0.2, 0.25) is 0 Å². The SMILES string of the molecule is COC(=O)c1cc(Sc2ccc(Cl)cn2)ccc1N. The summed E-state index contributed by atoms with van der Waals surface area (Å²) in [5.74, 6) is -0.455. The molecule has 0 unspecified atom stereocenters. The van der Waals surface area contributed by atoms with Crippen molar-refractivity contribution in [2.24, 2.45) is 0 Å². The molecule has 0 saturated heterocycles. The van der Waals surface area contributed by atoms with E-state index in [9.17, 15) is 4.79 Å². The molecule has 0 aliphatic carbocycles. The van der Waals surface area contributed by atoms with Crippen molar-refractivity contribution >= 4 is 35.0 Å². The van der Waals surface area contributed by atoms with Crippen molar-refractivity contribution in [1.82, 2.24) is 4.98 Å². The molecule has 1 heterocycles. The van der Waals surface area contributed by atoms with Gasteiger partial charge in [0.15, 0.2) is 0 Å². The Labute approximate surface area is 119 Å². The number of carbonyl (C=O) groups excluding carboxylic acids is 1. The predicted octanol–water partition coefficient (Wildman–Crippen LogP) is 3.26. The van der Waals surface area contributed by atoms with Gasteiger partial charge >= 0.3 is 5.97 Å². The van der Waals surface area contributed by atoms with Crippen molar-refractivity contribution < 1.29 is 9.53 Å². The van der Waals surface area contributed by atoms with Crippen molar-refractivity contribution in [3.05, 3.63) is 47.1 Å². The first-order valence-electron chi connectivity index (χ1n) is 5.37. The van der Waals surface area contributed by atoms with Gasteiger partial charge in [0.05, 0.1) is 17.7 Å². The molecular weight excluding hydrogens is 284 g/mol. The minimum Gasteiger partial charge on any atom is -0.465 e. The number of nitrogens with zero attached hydrogens (tertiary/aromatic N) is 1. The molecule has 2 aromatic rings. The third-order valence-electron chi connectivity index (χ3n) is 2.35. The maximum Gasteiger partial charge on any atom is 0.339 e. The van der Waals surface area contributed by atoms with Crippen LogP contribution in [0.1, 0.15) is 10.4 Å². The molecule has 0 aliphatic heterocycles. The summed E-state index contributed by atoms with van der Waals surface area (Å²) in [6.45, 7) is 0. The number of pyridine rings is 1. The standard InChI is InChI=1S/C13H11ClN2O2S/c1-18-13(17)10-6-9(3-4-11(10)15)19-12-5-2-8(14)7-16-12/h2-7H,15H2,1H3. The maximum absolute atomic E-state index is 11.5. The first-order valence-corrected chi connectivity index (χ1v) is 6.57. The molecule has 0 amide bonds. The zero-order valence-corrected chi connectivity index (χ0v) is 11.7. The van der Waals surface area contributed by atoms with E-state index in [0.717, 1.165) is 9.92 Å². The number of rotatable bonds is 3. The van der Waals surface area contributed by atoms with Crippen molar-refractivity contribution in [2.75, 3.05) is 12.8 Å². The summed E-state index contributed by atoms with van der Waals surface area (Å²) in [5.41, 5.74) is 6.47. The second kappa shape index (κ2) is 5.95. The largest absolute Gasteiger partial charge is 0.465 e. The molecule has 2 rings (SSSR count). The number of benzene rings is 1. The fraction of sp³-hybridized carbons (Fsp3) is 0.0769. The normalized spacial score (nSPS) is 10.2. The summed E-state index contributed by atoms with van der Waals surface area (Å²) in [6.07, 6.45) is 1.57. The maximum atomic E-state index is 11.5. The molecular formula is C13H11ClN2O2S. The van der Waals surface area contributed by atoms with E-state index in [2.05, 4.69) is 9.72 Å². The number of hydrogen-bond acceptors (Lipinski definition) is 5. The highest BCUT2D eigenvalue weighted by atomic mass is 35.5. The van der Waals surface area contributed by atoms with E-state index in [1.807, 2.05) is 6.07 Å². The highest BCUT2D eigenvalue weighted by Gasteiger charge is 2.11. The Balaban J connectivity index is 2.26. The Morgan fingerprint density at radius 1 is 1.37 bits per heavy atom. The van der Waals surface area contributed by atoms with Crippen LogP contribution in [0.2, 0.25) is 5.02 Å². The molecule has 98 valence electrons. The van der Waals surface area contributed by atoms with E-state index in [1.54, 1.807) is 30.5 Å². The summed E-state index contributed by atoms with van der Waals surface area (Å²) in [4.78, 5) is 16.6. The minimum atomic E-state index is -0.455. The molecule has 1 aromatic heterocycles. The fourth-order valence-corrected chi connectivity index (χ4v) is 2.34. The fourth-order valence-electron chi connectivity index (χ4n) is 1.43. The van der Waals surface area contributed by atoms with Gasteiger partial charge in [-0.3, -0.25) is 0 Å². The Morgan fingerprint density at radius 2 is 2.16 bits per heavy atom. The van der Waals surface area contributed by atoms with Crippen LogP contribution in [-0.4, -0.2) is 18.1 Å². The summed E-state index contributed by atoms with van der Waals surface area (Å²) >= 11 is 7.19. The van der Waals surface area contributed by atoms with Crippen molar-refractivity contribution in [3.8, 4) is 0 Å². The molecule has 0 spiro atoms. The zero-order valence-electron chi connectivity index (χ0n) is 10.1. The number of methoxy groups -OCH3 is 1. The molecule has 0 aliphatic rings. The van der Waals surface area contributed by atoms with Gasteiger partial charge in [-0.05, 0) is 30.3 Å². The van der Waals surface area contributed by atoms with E-state index >= 15 is 0 Å². The summed E-state index contributed by atoms with van der Waals surface area (Å²) in [5, 5.41) is 1.36. The Hall–Kier alpha value is -1.72. The van der Waals surface area contributed by atoms with Crippen LogP contribution in [0.3, 0.4) is 0 Å². The average Bonchev–Trinajstić information content (AvgIpc) is 2.42. The molecule has 19 heavy (non-hydrogen) atoms. The lowest BCUT2D eigenvalue weighted by atomic mass is 10.2. The van der Waals surface area contributed by atoms with E-state index in [0.29, 0.717) is 16.3 Å². The molecule has 0 fully saturated rings. The summed E-state index contributed by atoms with van der Waals surface area (Å²) < 4.78 is 4.68. The first kappa shape index (κ1) is 13.7. The van der Waals surface area contributed by atoms with E-state index in [4.69, 9.17) is 17.3 Å². The van der Waals surface area contributed by atoms with Gasteiger partial charge in [0, 0.05) is 16.8 Å². The van der Waals surface area contributed by atoms with Crippen LogP contribution in [0, 0.1) is 0 Å². The van der Waals surface area contributed by atoms with Gasteiger partial charge < -0.3 is 10.5 Å². The van der Waals surface area contributed by atoms with Crippen LogP contribution in [0.4, 0.5) is 5.69 Å². The first-order chi connectivity index (χ1) is 9.10. The summed E-state index contributed by atoms with van der Waals surface area (Å²) in [6, 6.07) is 8.74. The summed E-state index contributed by atoms with van der Waals surface area (Å²) in [7, 11) is 1.32. The van der Waals surface area contributed by atoms with Crippen molar-refractivity contribution in [2.45, 2.75) is 9.92 Å². The van der Waals surface area contributed by atoms with Crippen LogP contribution in [0.15, 0.2) is 46.5 Å². The second-order valence-electron chi connectivity index (χ2n) is 3.66. The number of nitrogen functional groups attached to an aromatic ring is 1. The Kier molecular flexibility index (Phi) is 4.29. The molecule has 6 heteroatoms. The van der Waals surface area contributed by atoms with Crippen LogP contribution in [-0.2, 0) is 4.74 Å².